The van der Waals surface area contributed by atoms with Crippen LogP contribution in [0.1, 0.15) is 16.1 Å². The summed E-state index contributed by atoms with van der Waals surface area (Å²) in [5.74, 6) is -0.165. The molecule has 0 bridgehead atoms. The number of rotatable bonds is 2. The van der Waals surface area contributed by atoms with E-state index in [0.29, 0.717) is 10.7 Å². The van der Waals surface area contributed by atoms with E-state index in [1.807, 2.05) is 25.1 Å². The molecule has 0 aliphatic carbocycles. The molecular formula is C14H12BrClN2O. The monoisotopic (exact) mass is 338 g/mol. The Bertz CT molecular complexity index is 613. The Morgan fingerprint density at radius 1 is 1.32 bits per heavy atom. The zero-order valence-electron chi connectivity index (χ0n) is 10.5. The summed E-state index contributed by atoms with van der Waals surface area (Å²) in [5.41, 5.74) is 2.23. The molecule has 5 heteroatoms. The number of aromatic nitrogens is 1. The molecule has 2 rings (SSSR count). The van der Waals surface area contributed by atoms with Gasteiger partial charge < -0.3 is 4.90 Å². The fourth-order valence-electron chi connectivity index (χ4n) is 1.78. The lowest BCUT2D eigenvalue weighted by Gasteiger charge is -2.19. The van der Waals surface area contributed by atoms with Crippen molar-refractivity contribution in [2.45, 2.75) is 6.92 Å². The molecule has 0 fully saturated rings. The molecule has 0 spiro atoms. The minimum atomic E-state index is -0.165. The van der Waals surface area contributed by atoms with E-state index in [-0.39, 0.29) is 5.91 Å². The number of carbonyl (C=O) groups is 1. The van der Waals surface area contributed by atoms with Crippen LogP contribution in [0.3, 0.4) is 0 Å². The highest BCUT2D eigenvalue weighted by molar-refractivity contribution is 9.10. The number of benzene rings is 1. The van der Waals surface area contributed by atoms with Gasteiger partial charge in [-0.05, 0) is 42.8 Å². The number of hydrogen-bond acceptors (Lipinski definition) is 2. The van der Waals surface area contributed by atoms with Crippen molar-refractivity contribution in [3.05, 3.63) is 57.3 Å². The van der Waals surface area contributed by atoms with Crippen molar-refractivity contribution in [1.82, 2.24) is 4.98 Å². The predicted molar refractivity (Wildman–Crippen MR) is 80.9 cm³/mol. The average molecular weight is 340 g/mol. The molecule has 1 heterocycles. The lowest BCUT2D eigenvalue weighted by molar-refractivity contribution is 0.0988. The molecule has 19 heavy (non-hydrogen) atoms. The summed E-state index contributed by atoms with van der Waals surface area (Å²) in [5, 5.41) is 0.513. The van der Waals surface area contributed by atoms with Crippen LogP contribution in [-0.4, -0.2) is 17.9 Å². The van der Waals surface area contributed by atoms with Crippen molar-refractivity contribution in [3.63, 3.8) is 0 Å². The number of carbonyl (C=O) groups excluding carboxylic acids is 1. The zero-order chi connectivity index (χ0) is 14.0. The maximum Gasteiger partial charge on any atom is 0.276 e. The highest BCUT2D eigenvalue weighted by Gasteiger charge is 2.16. The van der Waals surface area contributed by atoms with Crippen molar-refractivity contribution in [3.8, 4) is 0 Å². The quantitative estimate of drug-likeness (QED) is 0.826. The first-order chi connectivity index (χ1) is 8.99. The molecule has 0 aliphatic rings. The molecule has 3 nitrogen and oxygen atoms in total. The third-order valence-electron chi connectivity index (χ3n) is 2.77. The van der Waals surface area contributed by atoms with Crippen molar-refractivity contribution < 1.29 is 4.79 Å². The molecule has 0 radical (unpaired) electrons. The second-order valence-corrected chi connectivity index (χ2v) is 5.51. The number of hydrogen-bond donors (Lipinski definition) is 0. The van der Waals surface area contributed by atoms with Gasteiger partial charge in [-0.1, -0.05) is 27.5 Å². The molecule has 1 aromatic carbocycles. The number of anilines is 1. The number of nitrogens with zero attached hydrogens (tertiary/aromatic N) is 2. The summed E-state index contributed by atoms with van der Waals surface area (Å²) in [6.45, 7) is 1.96. The fourth-order valence-corrected chi connectivity index (χ4v) is 2.37. The van der Waals surface area contributed by atoms with E-state index in [1.165, 1.54) is 6.20 Å². The van der Waals surface area contributed by atoms with Crippen LogP contribution in [0.15, 0.2) is 41.0 Å². The molecular weight excluding hydrogens is 328 g/mol. The standard InChI is InChI=1S/C14H12BrClN2O/c1-9-7-10(15)3-6-13(9)18(2)14(19)12-5-4-11(16)8-17-12/h3-8H,1-2H3. The Morgan fingerprint density at radius 3 is 2.63 bits per heavy atom. The highest BCUT2D eigenvalue weighted by atomic mass is 79.9. The molecule has 0 unspecified atom stereocenters. The molecule has 1 amide bonds. The topological polar surface area (TPSA) is 33.2 Å². The summed E-state index contributed by atoms with van der Waals surface area (Å²) < 4.78 is 0.985. The minimum Gasteiger partial charge on any atom is -0.310 e. The fraction of sp³-hybridized carbons (Fsp3) is 0.143. The Kier molecular flexibility index (Phi) is 4.22. The maximum atomic E-state index is 12.3. The Labute approximate surface area is 125 Å². The van der Waals surface area contributed by atoms with Gasteiger partial charge in [-0.2, -0.15) is 0 Å². The van der Waals surface area contributed by atoms with Crippen LogP contribution < -0.4 is 4.90 Å². The van der Waals surface area contributed by atoms with Crippen LogP contribution >= 0.6 is 27.5 Å². The van der Waals surface area contributed by atoms with Crippen LogP contribution in [0.4, 0.5) is 5.69 Å². The van der Waals surface area contributed by atoms with Gasteiger partial charge in [-0.25, -0.2) is 4.98 Å². The van der Waals surface area contributed by atoms with Gasteiger partial charge in [0.25, 0.3) is 5.91 Å². The van der Waals surface area contributed by atoms with E-state index in [0.717, 1.165) is 15.7 Å². The molecule has 0 saturated carbocycles. The first-order valence-corrected chi connectivity index (χ1v) is 6.82. The van der Waals surface area contributed by atoms with Crippen LogP contribution in [0, 0.1) is 6.92 Å². The largest absolute Gasteiger partial charge is 0.310 e. The van der Waals surface area contributed by atoms with Gasteiger partial charge in [0, 0.05) is 23.4 Å². The van der Waals surface area contributed by atoms with Crippen molar-refractivity contribution in [2.75, 3.05) is 11.9 Å². The van der Waals surface area contributed by atoms with Gasteiger partial charge in [-0.3, -0.25) is 4.79 Å². The minimum absolute atomic E-state index is 0.165. The SMILES string of the molecule is Cc1cc(Br)ccc1N(C)C(=O)c1ccc(Cl)cn1. The van der Waals surface area contributed by atoms with Crippen LogP contribution in [-0.2, 0) is 0 Å². The van der Waals surface area contributed by atoms with Gasteiger partial charge in [0.15, 0.2) is 0 Å². The van der Waals surface area contributed by atoms with Crippen LogP contribution in [0.5, 0.6) is 0 Å². The number of pyridine rings is 1. The molecule has 2 aromatic rings. The molecule has 98 valence electrons. The zero-order valence-corrected chi connectivity index (χ0v) is 12.9. The second-order valence-electron chi connectivity index (χ2n) is 4.16. The Balaban J connectivity index is 2.30. The van der Waals surface area contributed by atoms with E-state index in [1.54, 1.807) is 24.1 Å². The first-order valence-electron chi connectivity index (χ1n) is 5.65. The molecule has 0 aliphatic heterocycles. The number of halogens is 2. The maximum absolute atomic E-state index is 12.3. The third-order valence-corrected chi connectivity index (χ3v) is 3.49. The van der Waals surface area contributed by atoms with Gasteiger partial charge >= 0.3 is 0 Å². The average Bonchev–Trinajstić information content (AvgIpc) is 2.38. The summed E-state index contributed by atoms with van der Waals surface area (Å²) in [4.78, 5) is 17.9. The third kappa shape index (κ3) is 3.14. The second kappa shape index (κ2) is 5.72. The molecule has 0 saturated heterocycles. The van der Waals surface area contributed by atoms with E-state index >= 15 is 0 Å². The van der Waals surface area contributed by atoms with Crippen LogP contribution in [0.25, 0.3) is 0 Å². The van der Waals surface area contributed by atoms with Crippen LogP contribution in [0.2, 0.25) is 5.02 Å². The van der Waals surface area contributed by atoms with E-state index in [9.17, 15) is 4.79 Å². The van der Waals surface area contributed by atoms with Crippen molar-refractivity contribution in [1.29, 1.82) is 0 Å². The van der Waals surface area contributed by atoms with Gasteiger partial charge in [0.2, 0.25) is 0 Å². The Morgan fingerprint density at radius 2 is 2.05 bits per heavy atom. The smallest absolute Gasteiger partial charge is 0.276 e. The van der Waals surface area contributed by atoms with Gasteiger partial charge in [0.1, 0.15) is 5.69 Å². The van der Waals surface area contributed by atoms with E-state index < -0.39 is 0 Å². The van der Waals surface area contributed by atoms with E-state index in [4.69, 9.17) is 11.6 Å². The Hall–Kier alpha value is -1.39. The summed E-state index contributed by atoms with van der Waals surface area (Å²) in [6.07, 6.45) is 1.47. The van der Waals surface area contributed by atoms with Gasteiger partial charge in [-0.15, -0.1) is 0 Å². The molecule has 0 atom stereocenters. The molecule has 0 N–H and O–H groups in total. The molecule has 1 aromatic heterocycles. The van der Waals surface area contributed by atoms with Gasteiger partial charge in [0.05, 0.1) is 5.02 Å². The van der Waals surface area contributed by atoms with E-state index in [2.05, 4.69) is 20.9 Å². The first kappa shape index (κ1) is 14.0. The highest BCUT2D eigenvalue weighted by Crippen LogP contribution is 2.24. The number of amides is 1. The lowest BCUT2D eigenvalue weighted by atomic mass is 10.2. The van der Waals surface area contributed by atoms with Crippen molar-refractivity contribution in [2.24, 2.45) is 0 Å². The summed E-state index contributed by atoms with van der Waals surface area (Å²) >= 11 is 9.17. The summed E-state index contributed by atoms with van der Waals surface area (Å²) in [7, 11) is 1.73. The number of aryl methyl sites for hydroxylation is 1. The predicted octanol–water partition coefficient (Wildman–Crippen LogP) is 4.08. The van der Waals surface area contributed by atoms with Crippen molar-refractivity contribution >= 4 is 39.1 Å². The summed E-state index contributed by atoms with van der Waals surface area (Å²) in [6, 6.07) is 9.04. The normalized spacial score (nSPS) is 10.3. The lowest BCUT2D eigenvalue weighted by Crippen LogP contribution is -2.27.